The standard InChI is InChI=1S/C19H14FNO5/c1-11(22)25-16-8-3-12(10-17(16)24-2)9-15-19(23)26-18(21-15)13-4-6-14(20)7-5-13/h3-10H,1-2H3/b15-9+. The molecule has 0 N–H and O–H groups in total. The number of rotatable bonds is 4. The number of cyclic esters (lactones) is 1. The Balaban J connectivity index is 1.90. The van der Waals surface area contributed by atoms with Crippen molar-refractivity contribution in [3.63, 3.8) is 0 Å². The van der Waals surface area contributed by atoms with Gasteiger partial charge in [-0.2, -0.15) is 0 Å². The smallest absolute Gasteiger partial charge is 0.363 e. The molecule has 26 heavy (non-hydrogen) atoms. The zero-order valence-electron chi connectivity index (χ0n) is 14.0. The summed E-state index contributed by atoms with van der Waals surface area (Å²) in [5, 5.41) is 0. The van der Waals surface area contributed by atoms with E-state index in [-0.39, 0.29) is 17.3 Å². The van der Waals surface area contributed by atoms with E-state index in [1.165, 1.54) is 44.4 Å². The van der Waals surface area contributed by atoms with Gasteiger partial charge in [0.1, 0.15) is 5.82 Å². The van der Waals surface area contributed by atoms with Crippen molar-refractivity contribution in [2.24, 2.45) is 4.99 Å². The number of carbonyl (C=O) groups excluding carboxylic acids is 2. The van der Waals surface area contributed by atoms with E-state index in [1.807, 2.05) is 0 Å². The zero-order chi connectivity index (χ0) is 18.7. The molecule has 1 aliphatic rings. The molecule has 6 nitrogen and oxygen atoms in total. The second kappa shape index (κ2) is 7.18. The molecular weight excluding hydrogens is 341 g/mol. The van der Waals surface area contributed by atoms with Crippen molar-refractivity contribution in [1.29, 1.82) is 0 Å². The van der Waals surface area contributed by atoms with Gasteiger partial charge in [-0.25, -0.2) is 14.2 Å². The molecule has 1 heterocycles. The van der Waals surface area contributed by atoms with Gasteiger partial charge in [-0.1, -0.05) is 6.07 Å². The summed E-state index contributed by atoms with van der Waals surface area (Å²) >= 11 is 0. The molecule has 2 aromatic rings. The highest BCUT2D eigenvalue weighted by Crippen LogP contribution is 2.30. The summed E-state index contributed by atoms with van der Waals surface area (Å²) in [6.07, 6.45) is 1.51. The number of hydrogen-bond donors (Lipinski definition) is 0. The van der Waals surface area contributed by atoms with Crippen molar-refractivity contribution in [2.45, 2.75) is 6.92 Å². The van der Waals surface area contributed by atoms with Crippen molar-refractivity contribution in [1.82, 2.24) is 0 Å². The number of halogens is 1. The van der Waals surface area contributed by atoms with Crippen LogP contribution >= 0.6 is 0 Å². The largest absolute Gasteiger partial charge is 0.493 e. The van der Waals surface area contributed by atoms with Crippen molar-refractivity contribution in [3.05, 3.63) is 65.1 Å². The minimum absolute atomic E-state index is 0.0895. The third-order valence-electron chi connectivity index (χ3n) is 3.46. The summed E-state index contributed by atoms with van der Waals surface area (Å²) in [5.41, 5.74) is 1.19. The van der Waals surface area contributed by atoms with Crippen LogP contribution in [0.1, 0.15) is 18.1 Å². The number of ether oxygens (including phenoxy) is 3. The van der Waals surface area contributed by atoms with Crippen LogP contribution in [0.25, 0.3) is 6.08 Å². The lowest BCUT2D eigenvalue weighted by atomic mass is 10.1. The number of methoxy groups -OCH3 is 1. The molecule has 0 unspecified atom stereocenters. The Bertz CT molecular complexity index is 931. The third-order valence-corrected chi connectivity index (χ3v) is 3.46. The lowest BCUT2D eigenvalue weighted by Crippen LogP contribution is -2.05. The van der Waals surface area contributed by atoms with Gasteiger partial charge in [0.15, 0.2) is 17.2 Å². The summed E-state index contributed by atoms with van der Waals surface area (Å²) in [6.45, 7) is 1.29. The minimum atomic E-state index is -0.618. The summed E-state index contributed by atoms with van der Waals surface area (Å²) in [5.74, 6) is -0.774. The van der Waals surface area contributed by atoms with Crippen molar-refractivity contribution in [3.8, 4) is 11.5 Å². The quantitative estimate of drug-likeness (QED) is 0.479. The van der Waals surface area contributed by atoms with E-state index in [2.05, 4.69) is 4.99 Å². The Morgan fingerprint density at radius 2 is 1.88 bits per heavy atom. The van der Waals surface area contributed by atoms with Crippen LogP contribution in [0.15, 0.2) is 53.2 Å². The van der Waals surface area contributed by atoms with Crippen molar-refractivity contribution >= 4 is 23.9 Å². The molecule has 0 amide bonds. The van der Waals surface area contributed by atoms with Crippen molar-refractivity contribution < 1.29 is 28.2 Å². The molecule has 0 radical (unpaired) electrons. The van der Waals surface area contributed by atoms with Gasteiger partial charge >= 0.3 is 11.9 Å². The molecule has 2 aromatic carbocycles. The van der Waals surface area contributed by atoms with Crippen LogP contribution < -0.4 is 9.47 Å². The van der Waals surface area contributed by atoms with Gasteiger partial charge < -0.3 is 14.2 Å². The zero-order valence-corrected chi connectivity index (χ0v) is 14.0. The fourth-order valence-corrected chi connectivity index (χ4v) is 2.30. The lowest BCUT2D eigenvalue weighted by molar-refractivity contribution is -0.132. The fourth-order valence-electron chi connectivity index (χ4n) is 2.30. The highest BCUT2D eigenvalue weighted by Gasteiger charge is 2.24. The fraction of sp³-hybridized carbons (Fsp3) is 0.105. The van der Waals surface area contributed by atoms with E-state index >= 15 is 0 Å². The van der Waals surface area contributed by atoms with Gasteiger partial charge in [-0.3, -0.25) is 4.79 Å². The van der Waals surface area contributed by atoms with E-state index in [1.54, 1.807) is 18.2 Å². The normalized spacial score (nSPS) is 14.8. The topological polar surface area (TPSA) is 74.2 Å². The van der Waals surface area contributed by atoms with Crippen LogP contribution in [0.3, 0.4) is 0 Å². The first-order valence-corrected chi connectivity index (χ1v) is 7.61. The van der Waals surface area contributed by atoms with Crippen molar-refractivity contribution in [2.75, 3.05) is 7.11 Å². The SMILES string of the molecule is COc1cc(/C=C2/N=C(c3ccc(F)cc3)OC2=O)ccc1OC(C)=O. The van der Waals surface area contributed by atoms with Gasteiger partial charge in [-0.15, -0.1) is 0 Å². The highest BCUT2D eigenvalue weighted by molar-refractivity contribution is 6.12. The lowest BCUT2D eigenvalue weighted by Gasteiger charge is -2.08. The average molecular weight is 355 g/mol. The molecule has 132 valence electrons. The van der Waals surface area contributed by atoms with Crippen LogP contribution in [-0.2, 0) is 14.3 Å². The van der Waals surface area contributed by atoms with E-state index in [0.717, 1.165) is 0 Å². The Kier molecular flexibility index (Phi) is 4.79. The third kappa shape index (κ3) is 3.77. The van der Waals surface area contributed by atoms with Crippen LogP contribution in [0, 0.1) is 5.82 Å². The van der Waals surface area contributed by atoms with Crippen LogP contribution in [0.2, 0.25) is 0 Å². The molecule has 0 bridgehead atoms. The first-order valence-electron chi connectivity index (χ1n) is 7.61. The molecule has 0 aliphatic carbocycles. The van der Waals surface area contributed by atoms with Crippen LogP contribution in [0.5, 0.6) is 11.5 Å². The molecule has 3 rings (SSSR count). The second-order valence-electron chi connectivity index (χ2n) is 5.35. The Hall–Kier alpha value is -3.48. The van der Waals surface area contributed by atoms with Crippen LogP contribution in [-0.4, -0.2) is 24.9 Å². The molecule has 1 aliphatic heterocycles. The molecule has 0 fully saturated rings. The van der Waals surface area contributed by atoms with Gasteiger partial charge in [0.2, 0.25) is 5.90 Å². The molecular formula is C19H14FNO5. The number of benzene rings is 2. The van der Waals surface area contributed by atoms with E-state index in [0.29, 0.717) is 16.9 Å². The van der Waals surface area contributed by atoms with Gasteiger partial charge in [0.05, 0.1) is 7.11 Å². The summed E-state index contributed by atoms with van der Waals surface area (Å²) < 4.78 is 28.3. The molecule has 0 spiro atoms. The predicted octanol–water partition coefficient (Wildman–Crippen LogP) is 3.10. The van der Waals surface area contributed by atoms with Gasteiger partial charge in [0, 0.05) is 12.5 Å². The highest BCUT2D eigenvalue weighted by atomic mass is 19.1. The molecule has 0 saturated carbocycles. The average Bonchev–Trinajstić information content (AvgIpc) is 2.97. The molecule has 7 heteroatoms. The monoisotopic (exact) mass is 355 g/mol. The number of nitrogens with zero attached hydrogens (tertiary/aromatic N) is 1. The van der Waals surface area contributed by atoms with E-state index in [9.17, 15) is 14.0 Å². The van der Waals surface area contributed by atoms with Crippen LogP contribution in [0.4, 0.5) is 4.39 Å². The molecule has 0 aromatic heterocycles. The Morgan fingerprint density at radius 3 is 2.54 bits per heavy atom. The summed E-state index contributed by atoms with van der Waals surface area (Å²) in [4.78, 5) is 27.3. The van der Waals surface area contributed by atoms with Gasteiger partial charge in [0.25, 0.3) is 0 Å². The predicted molar refractivity (Wildman–Crippen MR) is 91.3 cm³/mol. The minimum Gasteiger partial charge on any atom is -0.493 e. The van der Waals surface area contributed by atoms with E-state index in [4.69, 9.17) is 14.2 Å². The maximum absolute atomic E-state index is 13.0. The maximum atomic E-state index is 13.0. The summed E-state index contributed by atoms with van der Waals surface area (Å²) in [7, 11) is 1.44. The first-order chi connectivity index (χ1) is 12.5. The van der Waals surface area contributed by atoms with Gasteiger partial charge in [-0.05, 0) is 48.0 Å². The Labute approximate surface area is 148 Å². The summed E-state index contributed by atoms with van der Waals surface area (Å²) in [6, 6.07) is 10.3. The number of aliphatic imine (C=N–C) groups is 1. The second-order valence-corrected chi connectivity index (χ2v) is 5.35. The molecule has 0 atom stereocenters. The van der Waals surface area contributed by atoms with E-state index < -0.39 is 17.8 Å². The number of esters is 2. The Morgan fingerprint density at radius 1 is 1.15 bits per heavy atom. The number of carbonyl (C=O) groups is 2. The first kappa shape index (κ1) is 17.3. The molecule has 0 saturated heterocycles. The maximum Gasteiger partial charge on any atom is 0.363 e. The number of hydrogen-bond acceptors (Lipinski definition) is 6.